The van der Waals surface area contributed by atoms with Gasteiger partial charge in [-0.2, -0.15) is 0 Å². The second-order valence-corrected chi connectivity index (χ2v) is 8.04. The van der Waals surface area contributed by atoms with Crippen molar-refractivity contribution in [2.75, 3.05) is 60.4 Å². The number of carbonyl (C=O) groups excluding carboxylic acids is 2. The van der Waals surface area contributed by atoms with E-state index >= 15 is 0 Å². The van der Waals surface area contributed by atoms with E-state index in [4.69, 9.17) is 0 Å². The highest BCUT2D eigenvalue weighted by molar-refractivity contribution is 5.85. The number of aliphatic imine (C=N–C) groups is 1. The zero-order valence-electron chi connectivity index (χ0n) is 18.0. The first-order valence-corrected chi connectivity index (χ1v) is 10.6. The topological polar surface area (TPSA) is 80.3 Å². The maximum atomic E-state index is 12.0. The van der Waals surface area contributed by atoms with Crippen molar-refractivity contribution >= 4 is 17.8 Å². The largest absolute Gasteiger partial charge is 0.359 e. The lowest BCUT2D eigenvalue weighted by atomic mass is 9.93. The van der Waals surface area contributed by atoms with Crippen LogP contribution in [0.2, 0.25) is 0 Å². The average Bonchev–Trinajstić information content (AvgIpc) is 3.16. The molecule has 2 aliphatic rings. The summed E-state index contributed by atoms with van der Waals surface area (Å²) in [6.45, 7) is 7.21. The lowest BCUT2D eigenvalue weighted by Crippen LogP contribution is -2.49. The van der Waals surface area contributed by atoms with Crippen molar-refractivity contribution < 1.29 is 9.59 Å². The minimum absolute atomic E-state index is 0.00449. The molecule has 8 heteroatoms. The van der Waals surface area contributed by atoms with Gasteiger partial charge in [0.25, 0.3) is 0 Å². The van der Waals surface area contributed by atoms with Crippen molar-refractivity contribution in [2.45, 2.75) is 45.1 Å². The molecule has 160 valence electrons. The quantitative estimate of drug-likeness (QED) is 0.481. The predicted molar refractivity (Wildman–Crippen MR) is 112 cm³/mol. The molecular formula is C20H38N6O2. The maximum Gasteiger partial charge on any atom is 0.243 e. The van der Waals surface area contributed by atoms with Gasteiger partial charge in [0.05, 0.1) is 0 Å². The van der Waals surface area contributed by atoms with E-state index in [9.17, 15) is 9.59 Å². The number of likely N-dealkylation sites (tertiary alicyclic amines) is 2. The number of hydrogen-bond acceptors (Lipinski definition) is 4. The first-order valence-electron chi connectivity index (χ1n) is 10.6. The monoisotopic (exact) mass is 394 g/mol. The molecule has 2 saturated heterocycles. The van der Waals surface area contributed by atoms with Gasteiger partial charge in [-0.1, -0.05) is 6.92 Å². The standard InChI is InChI=1S/C20H38N6O2/c1-5-25-10-6-7-17(25)14-22-20(23-15-19(28)24(3)4)26-11-8-16(9-12-26)13-18(27)21-2/h16-17H,5-15H2,1-4H3,(H,21,27)(H,22,23). The van der Waals surface area contributed by atoms with Crippen molar-refractivity contribution in [3.63, 3.8) is 0 Å². The Balaban J connectivity index is 1.95. The van der Waals surface area contributed by atoms with Gasteiger partial charge in [-0.25, -0.2) is 4.99 Å². The van der Waals surface area contributed by atoms with E-state index in [-0.39, 0.29) is 18.4 Å². The average molecular weight is 395 g/mol. The van der Waals surface area contributed by atoms with Gasteiger partial charge in [-0.05, 0) is 44.7 Å². The van der Waals surface area contributed by atoms with Crippen molar-refractivity contribution in [1.82, 2.24) is 25.3 Å². The molecule has 1 atom stereocenters. The Bertz CT molecular complexity index is 543. The van der Waals surface area contributed by atoms with E-state index in [2.05, 4.69) is 32.3 Å². The first kappa shape index (κ1) is 22.5. The Morgan fingerprint density at radius 1 is 1.14 bits per heavy atom. The summed E-state index contributed by atoms with van der Waals surface area (Å²) in [5, 5.41) is 6.26. The van der Waals surface area contributed by atoms with Gasteiger partial charge in [0.15, 0.2) is 5.96 Å². The number of nitrogens with zero attached hydrogens (tertiary/aromatic N) is 4. The van der Waals surface area contributed by atoms with Gasteiger partial charge in [-0.15, -0.1) is 0 Å². The summed E-state index contributed by atoms with van der Waals surface area (Å²) in [7, 11) is 5.20. The molecule has 0 aromatic rings. The van der Waals surface area contributed by atoms with Crippen LogP contribution in [0, 0.1) is 5.92 Å². The Labute approximate surface area is 169 Å². The second kappa shape index (κ2) is 11.2. The maximum absolute atomic E-state index is 12.0. The highest BCUT2D eigenvalue weighted by Crippen LogP contribution is 2.21. The Morgan fingerprint density at radius 2 is 1.86 bits per heavy atom. The molecule has 0 spiro atoms. The molecule has 0 radical (unpaired) electrons. The predicted octanol–water partition coefficient (Wildman–Crippen LogP) is 0.353. The van der Waals surface area contributed by atoms with Crippen LogP contribution in [-0.2, 0) is 9.59 Å². The fourth-order valence-electron chi connectivity index (χ4n) is 4.02. The molecule has 0 aromatic carbocycles. The summed E-state index contributed by atoms with van der Waals surface area (Å²) in [6, 6.07) is 0.533. The second-order valence-electron chi connectivity index (χ2n) is 8.04. The van der Waals surface area contributed by atoms with Crippen LogP contribution in [0.5, 0.6) is 0 Å². The molecule has 1 unspecified atom stereocenters. The van der Waals surface area contributed by atoms with E-state index in [1.54, 1.807) is 26.0 Å². The van der Waals surface area contributed by atoms with Crippen LogP contribution in [0.3, 0.4) is 0 Å². The van der Waals surface area contributed by atoms with Crippen LogP contribution in [0.1, 0.15) is 39.0 Å². The molecule has 8 nitrogen and oxygen atoms in total. The highest BCUT2D eigenvalue weighted by atomic mass is 16.2. The van der Waals surface area contributed by atoms with E-state index in [0.29, 0.717) is 18.4 Å². The number of rotatable bonds is 7. The number of likely N-dealkylation sites (N-methyl/N-ethyl adjacent to an activating group) is 2. The molecule has 2 heterocycles. The SMILES string of the molecule is CCN1CCCC1CNC(=NCC(=O)N(C)C)N1CCC(CC(=O)NC)CC1. The molecule has 28 heavy (non-hydrogen) atoms. The first-order chi connectivity index (χ1) is 13.4. The van der Waals surface area contributed by atoms with E-state index in [1.807, 2.05) is 0 Å². The highest BCUT2D eigenvalue weighted by Gasteiger charge is 2.26. The number of hydrogen-bond donors (Lipinski definition) is 2. The molecule has 2 N–H and O–H groups in total. The van der Waals surface area contributed by atoms with Crippen LogP contribution in [0.4, 0.5) is 0 Å². The minimum atomic E-state index is 0.00449. The molecule has 2 amide bonds. The van der Waals surface area contributed by atoms with Crippen LogP contribution < -0.4 is 10.6 Å². The third-order valence-electron chi connectivity index (χ3n) is 5.93. The molecule has 0 aliphatic carbocycles. The van der Waals surface area contributed by atoms with Crippen LogP contribution in [0.15, 0.2) is 4.99 Å². The van der Waals surface area contributed by atoms with Gasteiger partial charge in [0, 0.05) is 53.2 Å². The third-order valence-corrected chi connectivity index (χ3v) is 5.93. The number of guanidine groups is 1. The molecule has 2 fully saturated rings. The zero-order valence-corrected chi connectivity index (χ0v) is 18.0. The van der Waals surface area contributed by atoms with Gasteiger partial charge in [0.2, 0.25) is 11.8 Å². The molecule has 2 aliphatic heterocycles. The number of carbonyl (C=O) groups is 2. The van der Waals surface area contributed by atoms with Crippen LogP contribution in [-0.4, -0.2) is 98.9 Å². The van der Waals surface area contributed by atoms with Crippen LogP contribution >= 0.6 is 0 Å². The Hall–Kier alpha value is -1.83. The van der Waals surface area contributed by atoms with E-state index in [0.717, 1.165) is 45.0 Å². The Morgan fingerprint density at radius 3 is 2.46 bits per heavy atom. The third kappa shape index (κ3) is 6.65. The number of piperidine rings is 1. The summed E-state index contributed by atoms with van der Waals surface area (Å²) >= 11 is 0. The number of nitrogens with one attached hydrogen (secondary N) is 2. The molecule has 2 rings (SSSR count). The van der Waals surface area contributed by atoms with Gasteiger partial charge in [-0.3, -0.25) is 14.5 Å². The normalized spacial score (nSPS) is 21.6. The fourth-order valence-corrected chi connectivity index (χ4v) is 4.02. The lowest BCUT2D eigenvalue weighted by Gasteiger charge is -2.35. The lowest BCUT2D eigenvalue weighted by molar-refractivity contribution is -0.127. The van der Waals surface area contributed by atoms with Crippen LogP contribution in [0.25, 0.3) is 0 Å². The fraction of sp³-hybridized carbons (Fsp3) is 0.850. The van der Waals surface area contributed by atoms with Crippen molar-refractivity contribution in [1.29, 1.82) is 0 Å². The molecule has 0 aromatic heterocycles. The van der Waals surface area contributed by atoms with Crippen molar-refractivity contribution in [3.8, 4) is 0 Å². The van der Waals surface area contributed by atoms with Gasteiger partial charge in [0.1, 0.15) is 6.54 Å². The summed E-state index contributed by atoms with van der Waals surface area (Å²) in [5.41, 5.74) is 0. The smallest absolute Gasteiger partial charge is 0.243 e. The van der Waals surface area contributed by atoms with Crippen molar-refractivity contribution in [3.05, 3.63) is 0 Å². The summed E-state index contributed by atoms with van der Waals surface area (Å²) in [6.07, 6.45) is 4.99. The van der Waals surface area contributed by atoms with Gasteiger partial charge >= 0.3 is 0 Å². The van der Waals surface area contributed by atoms with E-state index < -0.39 is 0 Å². The summed E-state index contributed by atoms with van der Waals surface area (Å²) in [5.74, 6) is 1.37. The Kier molecular flexibility index (Phi) is 9.02. The number of amides is 2. The molecule has 0 saturated carbocycles. The molecular weight excluding hydrogens is 356 g/mol. The summed E-state index contributed by atoms with van der Waals surface area (Å²) < 4.78 is 0. The molecule has 0 bridgehead atoms. The van der Waals surface area contributed by atoms with Crippen molar-refractivity contribution in [2.24, 2.45) is 10.9 Å². The summed E-state index contributed by atoms with van der Waals surface area (Å²) in [4.78, 5) is 34.6. The minimum Gasteiger partial charge on any atom is -0.359 e. The van der Waals surface area contributed by atoms with E-state index in [1.165, 1.54) is 19.4 Å². The van der Waals surface area contributed by atoms with Gasteiger partial charge < -0.3 is 20.4 Å². The zero-order chi connectivity index (χ0) is 20.5.